The largest absolute Gasteiger partial charge is 0.388 e. The first-order valence-electron chi connectivity index (χ1n) is 8.55. The number of hydrogen-bond donors (Lipinski definition) is 4. The molecule has 2 rings (SSSR count). The van der Waals surface area contributed by atoms with Gasteiger partial charge >= 0.3 is 0 Å². The number of rotatable bonds is 11. The number of para-hydroxylation sites is 1. The van der Waals surface area contributed by atoms with Gasteiger partial charge in [0.1, 0.15) is 0 Å². The number of aromatic amines is 1. The maximum atomic E-state index is 11.0. The van der Waals surface area contributed by atoms with Crippen molar-refractivity contribution in [2.45, 2.75) is 32.1 Å². The average molecular weight is 346 g/mol. The first-order chi connectivity index (χ1) is 11.7. The van der Waals surface area contributed by atoms with Crippen molar-refractivity contribution in [3.63, 3.8) is 0 Å². The maximum Gasteiger partial charge on any atom is 0.229 e. The Morgan fingerprint density at radius 1 is 1.12 bits per heavy atom. The highest BCUT2D eigenvalue weighted by Gasteiger charge is 2.03. The number of carbonyl (C=O) groups excluding carboxylic acids is 1. The van der Waals surface area contributed by atoms with Gasteiger partial charge in [0.2, 0.25) is 5.91 Å². The fraction of sp³-hybridized carbons (Fsp3) is 0.421. The number of allylic oxidation sites excluding steroid dienone is 1. The standard InChI is InChI=1S/C19H27N3OS/c1-15(7-3-2-6-11-21-19(23)14-24)20-12-10-16-13-22-18-9-5-4-8-17(16)18/h4-5,8-9,13,20,22,24H,1-3,6-7,10-12,14H2,(H,21,23). The third kappa shape index (κ3) is 5.96. The van der Waals surface area contributed by atoms with Crippen LogP contribution >= 0.6 is 12.6 Å². The number of carbonyl (C=O) groups is 1. The highest BCUT2D eigenvalue weighted by atomic mass is 32.1. The monoisotopic (exact) mass is 345 g/mol. The van der Waals surface area contributed by atoms with E-state index in [1.165, 1.54) is 16.5 Å². The summed E-state index contributed by atoms with van der Waals surface area (Å²) in [6.07, 6.45) is 7.25. The van der Waals surface area contributed by atoms with Gasteiger partial charge in [0.05, 0.1) is 5.75 Å². The predicted octanol–water partition coefficient (Wildman–Crippen LogP) is 3.42. The molecular weight excluding hydrogens is 318 g/mol. The molecule has 4 nitrogen and oxygen atoms in total. The van der Waals surface area contributed by atoms with E-state index in [1.54, 1.807) is 0 Å². The highest BCUT2D eigenvalue weighted by Crippen LogP contribution is 2.17. The molecule has 0 radical (unpaired) electrons. The maximum absolute atomic E-state index is 11.0. The van der Waals surface area contributed by atoms with E-state index in [2.05, 4.69) is 59.2 Å². The molecule has 0 bridgehead atoms. The van der Waals surface area contributed by atoms with Crippen molar-refractivity contribution in [3.05, 3.63) is 48.3 Å². The van der Waals surface area contributed by atoms with Gasteiger partial charge in [-0.25, -0.2) is 0 Å². The van der Waals surface area contributed by atoms with Crippen molar-refractivity contribution in [1.82, 2.24) is 15.6 Å². The first-order valence-corrected chi connectivity index (χ1v) is 9.18. The fourth-order valence-electron chi connectivity index (χ4n) is 2.72. The summed E-state index contributed by atoms with van der Waals surface area (Å²) in [6.45, 7) is 5.73. The second kappa shape index (κ2) is 10.1. The smallest absolute Gasteiger partial charge is 0.229 e. The van der Waals surface area contributed by atoms with Gasteiger partial charge in [-0.1, -0.05) is 31.2 Å². The summed E-state index contributed by atoms with van der Waals surface area (Å²) in [5.74, 6) is 0.263. The molecule has 5 heteroatoms. The van der Waals surface area contributed by atoms with Crippen molar-refractivity contribution in [2.24, 2.45) is 0 Å². The number of aromatic nitrogens is 1. The third-order valence-electron chi connectivity index (χ3n) is 4.07. The Balaban J connectivity index is 1.56. The van der Waals surface area contributed by atoms with Crippen LogP contribution in [0.1, 0.15) is 31.2 Å². The van der Waals surface area contributed by atoms with Gasteiger partial charge in [0.25, 0.3) is 0 Å². The van der Waals surface area contributed by atoms with Crippen LogP contribution < -0.4 is 10.6 Å². The Labute approximate surface area is 149 Å². The molecule has 0 aliphatic carbocycles. The minimum absolute atomic E-state index is 0.00157. The van der Waals surface area contributed by atoms with Gasteiger partial charge in [-0.05, 0) is 37.3 Å². The molecular formula is C19H27N3OS. The molecule has 2 aromatic rings. The summed E-state index contributed by atoms with van der Waals surface area (Å²) in [6, 6.07) is 8.38. The second-order valence-corrected chi connectivity index (χ2v) is 6.27. The van der Waals surface area contributed by atoms with Crippen molar-refractivity contribution in [3.8, 4) is 0 Å². The molecule has 24 heavy (non-hydrogen) atoms. The molecule has 0 aliphatic rings. The molecule has 1 amide bonds. The number of thiol groups is 1. The van der Waals surface area contributed by atoms with Crippen LogP contribution in [0.5, 0.6) is 0 Å². The van der Waals surface area contributed by atoms with E-state index in [4.69, 9.17) is 0 Å². The average Bonchev–Trinajstić information content (AvgIpc) is 3.01. The lowest BCUT2D eigenvalue weighted by Crippen LogP contribution is -2.25. The van der Waals surface area contributed by atoms with E-state index in [-0.39, 0.29) is 11.7 Å². The Hall–Kier alpha value is -1.88. The molecule has 0 saturated carbocycles. The number of unbranched alkanes of at least 4 members (excludes halogenated alkanes) is 2. The molecule has 0 atom stereocenters. The zero-order valence-electron chi connectivity index (χ0n) is 14.1. The number of benzene rings is 1. The minimum atomic E-state index is 0.00157. The second-order valence-electron chi connectivity index (χ2n) is 5.96. The topological polar surface area (TPSA) is 56.9 Å². The zero-order valence-corrected chi connectivity index (χ0v) is 15.0. The SMILES string of the molecule is C=C(CCCCCNC(=O)CS)NCCc1c[nH]c2ccccc12. The molecule has 0 saturated heterocycles. The van der Waals surface area contributed by atoms with Gasteiger partial charge in [-0.3, -0.25) is 4.79 Å². The Morgan fingerprint density at radius 2 is 1.96 bits per heavy atom. The van der Waals surface area contributed by atoms with E-state index in [0.717, 1.165) is 50.9 Å². The fourth-order valence-corrected chi connectivity index (χ4v) is 2.84. The van der Waals surface area contributed by atoms with Gasteiger partial charge in [-0.2, -0.15) is 12.6 Å². The lowest BCUT2D eigenvalue weighted by Gasteiger charge is -2.09. The molecule has 1 aromatic carbocycles. The molecule has 0 unspecified atom stereocenters. The van der Waals surface area contributed by atoms with Crippen LogP contribution in [0.25, 0.3) is 10.9 Å². The minimum Gasteiger partial charge on any atom is -0.388 e. The number of hydrogen-bond acceptors (Lipinski definition) is 3. The molecule has 0 spiro atoms. The summed E-state index contributed by atoms with van der Waals surface area (Å²) in [4.78, 5) is 14.3. The Morgan fingerprint density at radius 3 is 2.79 bits per heavy atom. The number of amides is 1. The van der Waals surface area contributed by atoms with Crippen molar-refractivity contribution < 1.29 is 4.79 Å². The molecule has 1 heterocycles. The lowest BCUT2D eigenvalue weighted by atomic mass is 10.1. The van der Waals surface area contributed by atoms with Gasteiger partial charge in [0.15, 0.2) is 0 Å². The van der Waals surface area contributed by atoms with Crippen LogP contribution in [0.4, 0.5) is 0 Å². The number of fused-ring (bicyclic) bond motifs is 1. The molecule has 0 aliphatic heterocycles. The van der Waals surface area contributed by atoms with Gasteiger partial charge < -0.3 is 15.6 Å². The summed E-state index contributed by atoms with van der Waals surface area (Å²) >= 11 is 3.93. The van der Waals surface area contributed by atoms with Crippen molar-refractivity contribution >= 4 is 29.4 Å². The third-order valence-corrected chi connectivity index (χ3v) is 4.35. The molecule has 1 aromatic heterocycles. The van der Waals surface area contributed by atoms with Crippen LogP contribution in [-0.4, -0.2) is 29.7 Å². The quantitative estimate of drug-likeness (QED) is 0.373. The Bertz CT molecular complexity index is 665. The summed E-state index contributed by atoms with van der Waals surface area (Å²) in [5, 5.41) is 7.54. The van der Waals surface area contributed by atoms with Gasteiger partial charge in [0, 0.05) is 35.9 Å². The summed E-state index contributed by atoms with van der Waals surface area (Å²) in [7, 11) is 0. The van der Waals surface area contributed by atoms with Crippen LogP contribution in [0, 0.1) is 0 Å². The molecule has 130 valence electrons. The highest BCUT2D eigenvalue weighted by molar-refractivity contribution is 7.81. The zero-order chi connectivity index (χ0) is 17.2. The van der Waals surface area contributed by atoms with E-state index in [9.17, 15) is 4.79 Å². The van der Waals surface area contributed by atoms with Crippen LogP contribution in [0.15, 0.2) is 42.7 Å². The van der Waals surface area contributed by atoms with E-state index < -0.39 is 0 Å². The summed E-state index contributed by atoms with van der Waals surface area (Å²) < 4.78 is 0. The van der Waals surface area contributed by atoms with Crippen LogP contribution in [0.2, 0.25) is 0 Å². The molecule has 3 N–H and O–H groups in total. The number of H-pyrrole nitrogens is 1. The molecule has 0 fully saturated rings. The van der Waals surface area contributed by atoms with E-state index in [1.807, 2.05) is 6.07 Å². The normalized spacial score (nSPS) is 10.7. The predicted molar refractivity (Wildman–Crippen MR) is 104 cm³/mol. The van der Waals surface area contributed by atoms with E-state index in [0.29, 0.717) is 0 Å². The first kappa shape index (κ1) is 18.5. The van der Waals surface area contributed by atoms with Gasteiger partial charge in [-0.15, -0.1) is 0 Å². The lowest BCUT2D eigenvalue weighted by molar-refractivity contribution is -0.118. The van der Waals surface area contributed by atoms with Crippen molar-refractivity contribution in [2.75, 3.05) is 18.8 Å². The van der Waals surface area contributed by atoms with E-state index >= 15 is 0 Å². The number of nitrogens with one attached hydrogen (secondary N) is 3. The Kier molecular flexibility index (Phi) is 7.75. The van der Waals surface area contributed by atoms with Crippen molar-refractivity contribution in [1.29, 1.82) is 0 Å². The van der Waals surface area contributed by atoms with Crippen LogP contribution in [-0.2, 0) is 11.2 Å². The van der Waals surface area contributed by atoms with Crippen LogP contribution in [0.3, 0.4) is 0 Å². The summed E-state index contributed by atoms with van der Waals surface area (Å²) in [5.41, 5.74) is 3.62.